The van der Waals surface area contributed by atoms with E-state index >= 15 is 0 Å². The Morgan fingerprint density at radius 1 is 1.13 bits per heavy atom. The number of hydrazine groups is 3. The lowest BCUT2D eigenvalue weighted by Gasteiger charge is -2.20. The van der Waals surface area contributed by atoms with Gasteiger partial charge in [0, 0.05) is 10.7 Å². The molecular weight excluding hydrogens is 314 g/mol. The number of carbonyl (C=O) groups excluding carboxylic acids is 1. The lowest BCUT2D eigenvalue weighted by molar-refractivity contribution is -0.113. The van der Waals surface area contributed by atoms with Crippen molar-refractivity contribution in [2.45, 2.75) is 6.92 Å². The van der Waals surface area contributed by atoms with Gasteiger partial charge in [0.25, 0.3) is 5.91 Å². The van der Waals surface area contributed by atoms with Gasteiger partial charge in [-0.15, -0.1) is 0 Å². The highest BCUT2D eigenvalue weighted by Gasteiger charge is 2.37. The number of carbonyl (C=O) groups is 1. The Hall–Kier alpha value is -2.70. The Morgan fingerprint density at radius 2 is 1.91 bits per heavy atom. The molecule has 1 amide bonds. The predicted molar refractivity (Wildman–Crippen MR) is 90.3 cm³/mol. The average molecular weight is 328 g/mol. The van der Waals surface area contributed by atoms with Crippen molar-refractivity contribution in [3.8, 4) is 0 Å². The topological polar surface area (TPSA) is 59.6 Å². The van der Waals surface area contributed by atoms with E-state index in [2.05, 4.69) is 16.2 Å². The molecule has 2 heterocycles. The smallest absolute Gasteiger partial charge is 0.275 e. The number of fused-ring (bicyclic) bond motifs is 3. The van der Waals surface area contributed by atoms with Crippen molar-refractivity contribution < 1.29 is 4.79 Å². The molecule has 0 saturated carbocycles. The first kappa shape index (κ1) is 13.9. The molecule has 2 aromatic carbocycles. The molecular formula is C16H14ClN5O. The van der Waals surface area contributed by atoms with E-state index in [0.29, 0.717) is 10.7 Å². The molecule has 2 aromatic rings. The monoisotopic (exact) mass is 327 g/mol. The Bertz CT molecular complexity index is 820. The number of halogens is 1. The molecule has 23 heavy (non-hydrogen) atoms. The zero-order chi connectivity index (χ0) is 16.0. The van der Waals surface area contributed by atoms with Crippen molar-refractivity contribution in [2.24, 2.45) is 0 Å². The average Bonchev–Trinajstić information content (AvgIpc) is 3.04. The minimum atomic E-state index is -0.194. The van der Waals surface area contributed by atoms with Gasteiger partial charge in [-0.05, 0) is 42.5 Å². The molecule has 0 aromatic heterocycles. The number of anilines is 3. The summed E-state index contributed by atoms with van der Waals surface area (Å²) in [5, 5.41) is 7.09. The second-order valence-electron chi connectivity index (χ2n) is 5.29. The fraction of sp³-hybridized carbons (Fsp3) is 0.0625. The van der Waals surface area contributed by atoms with Crippen LogP contribution in [0, 0.1) is 0 Å². The lowest BCUT2D eigenvalue weighted by Crippen LogP contribution is -2.43. The molecule has 116 valence electrons. The third-order valence-corrected chi connectivity index (χ3v) is 4.00. The summed E-state index contributed by atoms with van der Waals surface area (Å²) in [4.78, 5) is 12.5. The molecule has 0 spiro atoms. The first-order valence-corrected chi connectivity index (χ1v) is 7.51. The number of para-hydroxylation sites is 1. The van der Waals surface area contributed by atoms with Crippen LogP contribution in [0.5, 0.6) is 0 Å². The number of hydrogen-bond acceptors (Lipinski definition) is 5. The van der Waals surface area contributed by atoms with E-state index in [0.717, 1.165) is 22.8 Å². The number of benzene rings is 2. The summed E-state index contributed by atoms with van der Waals surface area (Å²) < 4.78 is 0. The van der Waals surface area contributed by atoms with Crippen molar-refractivity contribution in [3.05, 3.63) is 64.9 Å². The summed E-state index contributed by atoms with van der Waals surface area (Å²) in [6.45, 7) is 1.89. The number of nitrogens with one attached hydrogen (secondary N) is 3. The normalized spacial score (nSPS) is 15.8. The maximum Gasteiger partial charge on any atom is 0.275 e. The molecule has 0 saturated heterocycles. The van der Waals surface area contributed by atoms with Crippen LogP contribution in [0.1, 0.15) is 6.92 Å². The van der Waals surface area contributed by atoms with Gasteiger partial charge in [0.05, 0.1) is 17.1 Å². The maximum absolute atomic E-state index is 12.5. The molecule has 3 N–H and O–H groups in total. The third-order valence-electron chi connectivity index (χ3n) is 3.77. The predicted octanol–water partition coefficient (Wildman–Crippen LogP) is 3.09. The second kappa shape index (κ2) is 5.19. The van der Waals surface area contributed by atoms with Crippen molar-refractivity contribution in [2.75, 3.05) is 15.8 Å². The highest BCUT2D eigenvalue weighted by Crippen LogP contribution is 2.40. The van der Waals surface area contributed by atoms with Crippen LogP contribution in [0.25, 0.3) is 0 Å². The van der Waals surface area contributed by atoms with Gasteiger partial charge in [0.15, 0.2) is 0 Å². The SMILES string of the molecule is CC1=C(C(=O)Nc2ccccc2)NN2Nc3cc(Cl)ccc3N12. The fourth-order valence-electron chi connectivity index (χ4n) is 2.69. The van der Waals surface area contributed by atoms with Crippen molar-refractivity contribution >= 4 is 34.6 Å². The largest absolute Gasteiger partial charge is 0.321 e. The van der Waals surface area contributed by atoms with Gasteiger partial charge in [0.1, 0.15) is 5.70 Å². The van der Waals surface area contributed by atoms with E-state index in [4.69, 9.17) is 11.6 Å². The van der Waals surface area contributed by atoms with Crippen LogP contribution >= 0.6 is 11.6 Å². The molecule has 0 aliphatic carbocycles. The quantitative estimate of drug-likeness (QED) is 0.791. The third kappa shape index (κ3) is 2.28. The Labute approximate surface area is 138 Å². The van der Waals surface area contributed by atoms with E-state index in [9.17, 15) is 4.79 Å². The van der Waals surface area contributed by atoms with E-state index in [1.165, 1.54) is 0 Å². The number of rotatable bonds is 2. The van der Waals surface area contributed by atoms with Crippen LogP contribution in [-0.4, -0.2) is 11.1 Å². The number of amides is 1. The maximum atomic E-state index is 12.5. The molecule has 0 radical (unpaired) electrons. The van der Waals surface area contributed by atoms with E-state index in [1.54, 1.807) is 5.23 Å². The van der Waals surface area contributed by atoms with Crippen LogP contribution in [-0.2, 0) is 4.79 Å². The van der Waals surface area contributed by atoms with E-state index in [1.807, 2.05) is 60.5 Å². The van der Waals surface area contributed by atoms with Gasteiger partial charge in [-0.25, -0.2) is 5.01 Å². The summed E-state index contributed by atoms with van der Waals surface area (Å²) in [7, 11) is 0. The highest BCUT2D eigenvalue weighted by molar-refractivity contribution is 6.31. The molecule has 6 nitrogen and oxygen atoms in total. The summed E-state index contributed by atoms with van der Waals surface area (Å²) in [5.41, 5.74) is 10.1. The van der Waals surface area contributed by atoms with E-state index < -0.39 is 0 Å². The molecule has 7 heteroatoms. The minimum absolute atomic E-state index is 0.194. The lowest BCUT2D eigenvalue weighted by atomic mass is 10.2. The van der Waals surface area contributed by atoms with Gasteiger partial charge in [-0.3, -0.25) is 15.6 Å². The highest BCUT2D eigenvalue weighted by atomic mass is 35.5. The van der Waals surface area contributed by atoms with Crippen molar-refractivity contribution in [1.82, 2.24) is 10.7 Å². The number of nitrogens with zero attached hydrogens (tertiary/aromatic N) is 2. The van der Waals surface area contributed by atoms with Gasteiger partial charge in [-0.1, -0.05) is 29.8 Å². The van der Waals surface area contributed by atoms with Crippen LogP contribution in [0.3, 0.4) is 0 Å². The molecule has 0 atom stereocenters. The number of allylic oxidation sites excluding steroid dienone is 1. The first-order chi connectivity index (χ1) is 11.1. The molecule has 2 aliphatic heterocycles. The minimum Gasteiger partial charge on any atom is -0.321 e. The molecule has 4 rings (SSSR count). The second-order valence-corrected chi connectivity index (χ2v) is 5.73. The van der Waals surface area contributed by atoms with Gasteiger partial charge >= 0.3 is 0 Å². The van der Waals surface area contributed by atoms with Gasteiger partial charge in [0.2, 0.25) is 0 Å². The van der Waals surface area contributed by atoms with Gasteiger partial charge < -0.3 is 5.32 Å². The van der Waals surface area contributed by atoms with Crippen LogP contribution in [0.15, 0.2) is 59.9 Å². The molecule has 0 fully saturated rings. The summed E-state index contributed by atoms with van der Waals surface area (Å²) in [6.07, 6.45) is 0. The van der Waals surface area contributed by atoms with Crippen LogP contribution < -0.4 is 21.2 Å². The summed E-state index contributed by atoms with van der Waals surface area (Å²) in [5.74, 6) is -0.194. The zero-order valence-electron chi connectivity index (χ0n) is 12.3. The summed E-state index contributed by atoms with van der Waals surface area (Å²) >= 11 is 6.01. The summed E-state index contributed by atoms with van der Waals surface area (Å²) in [6, 6.07) is 14.9. The molecule has 2 aliphatic rings. The van der Waals surface area contributed by atoms with Crippen molar-refractivity contribution in [1.29, 1.82) is 0 Å². The van der Waals surface area contributed by atoms with Crippen LogP contribution in [0.2, 0.25) is 5.02 Å². The Morgan fingerprint density at radius 3 is 2.70 bits per heavy atom. The van der Waals surface area contributed by atoms with Crippen LogP contribution in [0.4, 0.5) is 17.1 Å². The zero-order valence-corrected chi connectivity index (χ0v) is 13.1. The fourth-order valence-corrected chi connectivity index (χ4v) is 2.86. The van der Waals surface area contributed by atoms with E-state index in [-0.39, 0.29) is 5.91 Å². The molecule has 0 unspecified atom stereocenters. The van der Waals surface area contributed by atoms with Gasteiger partial charge in [-0.2, -0.15) is 0 Å². The Balaban J connectivity index is 1.62. The Kier molecular flexibility index (Phi) is 3.14. The van der Waals surface area contributed by atoms with Crippen molar-refractivity contribution in [3.63, 3.8) is 0 Å². The number of hydrogen-bond donors (Lipinski definition) is 3. The standard InChI is InChI=1S/C16H14ClN5O/c1-10-15(16(23)18-12-5-3-2-4-6-12)20-22-19-13-9-11(17)7-8-14(13)21(10)22/h2-9,19-20H,1H3,(H,18,23). The first-order valence-electron chi connectivity index (χ1n) is 7.14. The molecule has 0 bridgehead atoms.